The fourth-order valence-electron chi connectivity index (χ4n) is 1.86. The summed E-state index contributed by atoms with van der Waals surface area (Å²) in [6, 6.07) is 9.45. The smallest absolute Gasteiger partial charge is 0.307 e. The fraction of sp³-hybridized carbons (Fsp3) is 0.353. The Hall–Kier alpha value is -2.63. The lowest BCUT2D eigenvalue weighted by Crippen LogP contribution is -2.38. The van der Waals surface area contributed by atoms with Crippen molar-refractivity contribution in [1.29, 1.82) is 0 Å². The van der Waals surface area contributed by atoms with E-state index in [2.05, 4.69) is 10.1 Å². The maximum Gasteiger partial charge on any atom is 0.307 e. The molecule has 0 aliphatic rings. The molecule has 0 saturated carbocycles. The number of benzene rings is 1. The van der Waals surface area contributed by atoms with E-state index in [-0.39, 0.29) is 30.7 Å². The van der Waals surface area contributed by atoms with E-state index in [9.17, 15) is 14.4 Å². The van der Waals surface area contributed by atoms with Crippen molar-refractivity contribution in [3.05, 3.63) is 42.0 Å². The Morgan fingerprint density at radius 1 is 1.17 bits per heavy atom. The number of nitrogens with one attached hydrogen (secondary N) is 1. The molecule has 6 heteroatoms. The molecule has 0 bridgehead atoms. The third-order valence-corrected chi connectivity index (χ3v) is 3.10. The number of carbonyl (C=O) groups is 3. The normalized spacial score (nSPS) is 10.3. The Bertz CT molecular complexity index is 555. The second-order valence-corrected chi connectivity index (χ2v) is 4.88. The van der Waals surface area contributed by atoms with Crippen LogP contribution in [0.1, 0.15) is 18.9 Å². The monoisotopic (exact) mass is 318 g/mol. The average Bonchev–Trinajstić information content (AvgIpc) is 2.56. The Balaban J connectivity index is 2.64. The summed E-state index contributed by atoms with van der Waals surface area (Å²) in [5.41, 5.74) is 0.913. The minimum Gasteiger partial charge on any atom is -0.469 e. The molecular weight excluding hydrogens is 296 g/mol. The fourth-order valence-corrected chi connectivity index (χ4v) is 1.86. The molecule has 2 amide bonds. The van der Waals surface area contributed by atoms with Gasteiger partial charge in [0.05, 0.1) is 13.5 Å². The molecule has 0 spiro atoms. The van der Waals surface area contributed by atoms with Crippen LogP contribution in [0.5, 0.6) is 0 Å². The molecule has 1 rings (SSSR count). The molecule has 1 aromatic carbocycles. The lowest BCUT2D eigenvalue weighted by Gasteiger charge is -2.20. The van der Waals surface area contributed by atoms with E-state index < -0.39 is 0 Å². The Morgan fingerprint density at radius 3 is 2.48 bits per heavy atom. The van der Waals surface area contributed by atoms with Crippen LogP contribution >= 0.6 is 0 Å². The molecular formula is C17H22N2O4. The van der Waals surface area contributed by atoms with Crippen molar-refractivity contribution in [2.75, 3.05) is 26.7 Å². The van der Waals surface area contributed by atoms with Crippen molar-refractivity contribution in [2.45, 2.75) is 13.3 Å². The number of rotatable bonds is 8. The van der Waals surface area contributed by atoms with E-state index >= 15 is 0 Å². The maximum absolute atomic E-state index is 12.3. The third-order valence-electron chi connectivity index (χ3n) is 3.10. The zero-order valence-electron chi connectivity index (χ0n) is 13.5. The number of ether oxygens (including phenoxy) is 1. The van der Waals surface area contributed by atoms with Gasteiger partial charge in [0.25, 0.3) is 0 Å². The number of esters is 1. The van der Waals surface area contributed by atoms with Crippen LogP contribution < -0.4 is 5.32 Å². The number of hydrogen-bond donors (Lipinski definition) is 1. The Morgan fingerprint density at radius 2 is 1.87 bits per heavy atom. The molecule has 23 heavy (non-hydrogen) atoms. The lowest BCUT2D eigenvalue weighted by atomic mass is 10.2. The van der Waals surface area contributed by atoms with E-state index in [0.29, 0.717) is 13.1 Å². The second kappa shape index (κ2) is 10.2. The quantitative estimate of drug-likeness (QED) is 0.578. The molecule has 0 radical (unpaired) electrons. The van der Waals surface area contributed by atoms with E-state index in [1.807, 2.05) is 30.3 Å². The van der Waals surface area contributed by atoms with Crippen molar-refractivity contribution < 1.29 is 19.1 Å². The molecule has 1 aromatic rings. The van der Waals surface area contributed by atoms with Crippen LogP contribution in [0.3, 0.4) is 0 Å². The number of amides is 2. The first-order valence-electron chi connectivity index (χ1n) is 7.36. The molecule has 0 aromatic heterocycles. The molecule has 0 saturated heterocycles. The van der Waals surface area contributed by atoms with Gasteiger partial charge in [-0.2, -0.15) is 0 Å². The van der Waals surface area contributed by atoms with Crippen LogP contribution in [-0.2, 0) is 19.1 Å². The highest BCUT2D eigenvalue weighted by Gasteiger charge is 2.13. The average molecular weight is 318 g/mol. The van der Waals surface area contributed by atoms with Gasteiger partial charge in [0.15, 0.2) is 0 Å². The molecule has 0 aliphatic carbocycles. The summed E-state index contributed by atoms with van der Waals surface area (Å²) in [6.07, 6.45) is 3.29. The minimum atomic E-state index is -0.380. The third kappa shape index (κ3) is 7.80. The molecule has 124 valence electrons. The molecule has 0 aliphatic heterocycles. The highest BCUT2D eigenvalue weighted by Crippen LogP contribution is 2.03. The van der Waals surface area contributed by atoms with Gasteiger partial charge in [-0.1, -0.05) is 30.3 Å². The zero-order chi connectivity index (χ0) is 17.1. The second-order valence-electron chi connectivity index (χ2n) is 4.88. The van der Waals surface area contributed by atoms with Crippen molar-refractivity contribution in [3.8, 4) is 0 Å². The van der Waals surface area contributed by atoms with E-state index in [1.54, 1.807) is 6.08 Å². The molecule has 0 unspecified atom stereocenters. The highest BCUT2D eigenvalue weighted by molar-refractivity contribution is 5.92. The van der Waals surface area contributed by atoms with Crippen LogP contribution in [0.25, 0.3) is 6.08 Å². The number of hydrogen-bond acceptors (Lipinski definition) is 4. The van der Waals surface area contributed by atoms with Crippen molar-refractivity contribution in [2.24, 2.45) is 0 Å². The SMILES string of the molecule is COC(=O)CCN(CCNC(C)=O)C(=O)/C=C/c1ccccc1. The van der Waals surface area contributed by atoms with Crippen LogP contribution in [0.2, 0.25) is 0 Å². The first kappa shape index (κ1) is 18.4. The molecule has 0 fully saturated rings. The number of methoxy groups -OCH3 is 1. The largest absolute Gasteiger partial charge is 0.469 e. The standard InChI is InChI=1S/C17H22N2O4/c1-14(20)18-11-13-19(12-10-17(22)23-2)16(21)9-8-15-6-4-3-5-7-15/h3-9H,10-13H2,1-2H3,(H,18,20)/b9-8+. The van der Waals surface area contributed by atoms with Gasteiger partial charge in [-0.25, -0.2) is 0 Å². The first-order chi connectivity index (χ1) is 11.0. The number of carbonyl (C=O) groups excluding carboxylic acids is 3. The minimum absolute atomic E-state index is 0.113. The molecule has 0 heterocycles. The topological polar surface area (TPSA) is 75.7 Å². The van der Waals surface area contributed by atoms with Crippen molar-refractivity contribution in [3.63, 3.8) is 0 Å². The summed E-state index contributed by atoms with van der Waals surface area (Å²) >= 11 is 0. The van der Waals surface area contributed by atoms with Gasteiger partial charge in [0, 0.05) is 32.6 Å². The highest BCUT2D eigenvalue weighted by atomic mass is 16.5. The summed E-state index contributed by atoms with van der Waals surface area (Å²) in [5, 5.41) is 2.63. The maximum atomic E-state index is 12.3. The first-order valence-corrected chi connectivity index (χ1v) is 7.36. The van der Waals surface area contributed by atoms with Gasteiger partial charge in [-0.15, -0.1) is 0 Å². The predicted octanol–water partition coefficient (Wildman–Crippen LogP) is 1.23. The van der Waals surface area contributed by atoms with Crippen molar-refractivity contribution >= 4 is 23.9 Å². The van der Waals surface area contributed by atoms with Gasteiger partial charge >= 0.3 is 5.97 Å². The van der Waals surface area contributed by atoms with Crippen LogP contribution in [0.15, 0.2) is 36.4 Å². The Kier molecular flexibility index (Phi) is 8.13. The van der Waals surface area contributed by atoms with E-state index in [1.165, 1.54) is 25.0 Å². The summed E-state index contributed by atoms with van der Waals surface area (Å²) in [5.74, 6) is -0.761. The van der Waals surface area contributed by atoms with Crippen LogP contribution in [-0.4, -0.2) is 49.4 Å². The zero-order valence-corrected chi connectivity index (χ0v) is 13.5. The van der Waals surface area contributed by atoms with Crippen LogP contribution in [0, 0.1) is 0 Å². The summed E-state index contributed by atoms with van der Waals surface area (Å²) in [6.45, 7) is 2.32. The van der Waals surface area contributed by atoms with E-state index in [4.69, 9.17) is 0 Å². The van der Waals surface area contributed by atoms with Crippen molar-refractivity contribution in [1.82, 2.24) is 10.2 Å². The predicted molar refractivity (Wildman–Crippen MR) is 87.4 cm³/mol. The van der Waals surface area contributed by atoms with Gasteiger partial charge in [-0.3, -0.25) is 14.4 Å². The summed E-state index contributed by atoms with van der Waals surface area (Å²) in [7, 11) is 1.31. The van der Waals surface area contributed by atoms with Gasteiger partial charge in [0.2, 0.25) is 11.8 Å². The Labute approximate surface area is 136 Å². The lowest BCUT2D eigenvalue weighted by molar-refractivity contribution is -0.141. The van der Waals surface area contributed by atoms with Gasteiger partial charge in [0.1, 0.15) is 0 Å². The molecule has 0 atom stereocenters. The molecule has 6 nitrogen and oxygen atoms in total. The van der Waals surface area contributed by atoms with Crippen LogP contribution in [0.4, 0.5) is 0 Å². The van der Waals surface area contributed by atoms with E-state index in [0.717, 1.165) is 5.56 Å². The summed E-state index contributed by atoms with van der Waals surface area (Å²) < 4.78 is 4.59. The van der Waals surface area contributed by atoms with Gasteiger partial charge in [-0.05, 0) is 11.6 Å². The molecule has 1 N–H and O–H groups in total. The number of nitrogens with zero attached hydrogens (tertiary/aromatic N) is 1. The van der Waals surface area contributed by atoms with Gasteiger partial charge < -0.3 is 15.0 Å². The summed E-state index contributed by atoms with van der Waals surface area (Å²) in [4.78, 5) is 35.9.